The normalized spacial score (nSPS) is 15.9. The average Bonchev–Trinajstić information content (AvgIpc) is 3.15. The van der Waals surface area contributed by atoms with Crippen LogP contribution in [0.15, 0.2) is 0 Å². The number of hydrogen-bond donors (Lipinski definition) is 5. The largest absolute Gasteiger partial charge is 0.481 e. The molecule has 22 nitrogen and oxygen atoms in total. The number of amides is 3. The van der Waals surface area contributed by atoms with E-state index < -0.39 is 64.5 Å². The highest BCUT2D eigenvalue weighted by atomic mass is 16.6. The quantitative estimate of drug-likeness (QED) is 0.0437. The summed E-state index contributed by atoms with van der Waals surface area (Å²) in [5.74, 6) is -4.80. The smallest absolute Gasteiger partial charge is 0.320 e. The minimum Gasteiger partial charge on any atom is -0.481 e. The Kier molecular flexibility index (Phi) is 27.7. The first-order valence-electron chi connectivity index (χ1n) is 22.7. The molecule has 1 unspecified atom stereocenters. The van der Waals surface area contributed by atoms with Crippen molar-refractivity contribution in [2.75, 3.05) is 118 Å². The summed E-state index contributed by atoms with van der Waals surface area (Å²) in [7, 11) is 0. The summed E-state index contributed by atoms with van der Waals surface area (Å²) >= 11 is 0. The lowest BCUT2D eigenvalue weighted by Gasteiger charge is -2.34. The molecule has 380 valence electrons. The summed E-state index contributed by atoms with van der Waals surface area (Å²) < 4.78 is 27.7. The van der Waals surface area contributed by atoms with Crippen LogP contribution in [-0.2, 0) is 62.0 Å². The number of nitrogens with zero attached hydrogens (tertiary/aromatic N) is 4. The van der Waals surface area contributed by atoms with Crippen LogP contribution in [0.5, 0.6) is 0 Å². The van der Waals surface area contributed by atoms with Crippen molar-refractivity contribution in [3.63, 3.8) is 0 Å². The van der Waals surface area contributed by atoms with Crippen molar-refractivity contribution in [1.29, 1.82) is 0 Å². The number of ether oxygens (including phenoxy) is 5. The lowest BCUT2D eigenvalue weighted by molar-refractivity contribution is -0.158. The van der Waals surface area contributed by atoms with Crippen LogP contribution in [0.25, 0.3) is 0 Å². The standard InChI is InChI=1S/C44H79N7O15/c1-42(2,3)64-38(58)30-49-19-17-48(18-20-50(31-39(59)65-43(4,5)6)22-24-51(23-21-49)32-40(60)66-44(7,8)9)29-35(53)47-33(12-13-37(56)57)41(61)46-16-26-63-28-27-62-25-14-34(52)45-15-10-11-36(54)55/h33H,10-32H2,1-9H3,(H,45,52)(H,46,61)(H,47,53)(H,54,55)(H,56,57). The third kappa shape index (κ3) is 33.1. The molecule has 0 spiro atoms. The molecule has 22 heteroatoms. The van der Waals surface area contributed by atoms with E-state index >= 15 is 0 Å². The van der Waals surface area contributed by atoms with Crippen molar-refractivity contribution < 1.29 is 72.3 Å². The van der Waals surface area contributed by atoms with Crippen LogP contribution >= 0.6 is 0 Å². The van der Waals surface area contributed by atoms with E-state index in [4.69, 9.17) is 28.8 Å². The van der Waals surface area contributed by atoms with Gasteiger partial charge in [0.15, 0.2) is 0 Å². The maximum Gasteiger partial charge on any atom is 0.320 e. The van der Waals surface area contributed by atoms with E-state index in [0.29, 0.717) is 45.7 Å². The van der Waals surface area contributed by atoms with Crippen molar-refractivity contribution in [2.24, 2.45) is 0 Å². The number of aliphatic carboxylic acids is 2. The number of carbonyl (C=O) groups excluding carboxylic acids is 6. The van der Waals surface area contributed by atoms with E-state index in [-0.39, 0.29) is 110 Å². The molecule has 66 heavy (non-hydrogen) atoms. The predicted octanol–water partition coefficient (Wildman–Crippen LogP) is 0.103. The van der Waals surface area contributed by atoms with Gasteiger partial charge in [0.25, 0.3) is 0 Å². The zero-order valence-electron chi connectivity index (χ0n) is 40.8. The highest BCUT2D eigenvalue weighted by Crippen LogP contribution is 2.12. The molecular weight excluding hydrogens is 867 g/mol. The summed E-state index contributed by atoms with van der Waals surface area (Å²) in [5.41, 5.74) is -2.15. The molecule has 1 saturated heterocycles. The van der Waals surface area contributed by atoms with Crippen molar-refractivity contribution in [3.8, 4) is 0 Å². The van der Waals surface area contributed by atoms with E-state index in [2.05, 4.69) is 16.0 Å². The molecule has 1 heterocycles. The number of rotatable bonds is 26. The van der Waals surface area contributed by atoms with Gasteiger partial charge in [-0.1, -0.05) is 0 Å². The van der Waals surface area contributed by atoms with Gasteiger partial charge in [0.05, 0.1) is 52.6 Å². The third-order valence-electron chi connectivity index (χ3n) is 9.19. The fraction of sp³-hybridized carbons (Fsp3) is 0.818. The Labute approximate surface area is 390 Å². The van der Waals surface area contributed by atoms with E-state index in [9.17, 15) is 43.5 Å². The molecule has 1 aliphatic rings. The SMILES string of the molecule is CC(C)(C)OC(=O)CN1CCN(CC(=O)NC(CCC(=O)O)C(=O)NCCOCCOCCC(=O)NCCCC(=O)O)CCN(CC(=O)OC(C)(C)C)CCN(CC(=O)OC(C)(C)C)CC1. The Morgan fingerprint density at radius 3 is 1.27 bits per heavy atom. The van der Waals surface area contributed by atoms with Gasteiger partial charge in [-0.25, -0.2) is 0 Å². The number of carbonyl (C=O) groups is 8. The lowest BCUT2D eigenvalue weighted by atomic mass is 10.1. The van der Waals surface area contributed by atoms with E-state index in [1.165, 1.54) is 0 Å². The molecule has 0 radical (unpaired) electrons. The summed E-state index contributed by atoms with van der Waals surface area (Å²) in [6.07, 6.45) is -0.172. The van der Waals surface area contributed by atoms with Gasteiger partial charge in [-0.05, 0) is 75.2 Å². The zero-order chi connectivity index (χ0) is 49.9. The van der Waals surface area contributed by atoms with Crippen LogP contribution in [0.3, 0.4) is 0 Å². The van der Waals surface area contributed by atoms with Gasteiger partial charge >= 0.3 is 29.8 Å². The van der Waals surface area contributed by atoms with Gasteiger partial charge in [0, 0.05) is 84.7 Å². The molecule has 5 N–H and O–H groups in total. The summed E-state index contributed by atoms with van der Waals surface area (Å²) in [6, 6.07) is -1.18. The molecule has 1 rings (SSSR count). The van der Waals surface area contributed by atoms with E-state index in [0.717, 1.165) is 0 Å². The van der Waals surface area contributed by atoms with E-state index in [1.807, 2.05) is 19.6 Å². The first-order valence-corrected chi connectivity index (χ1v) is 22.7. The predicted molar refractivity (Wildman–Crippen MR) is 241 cm³/mol. The molecule has 0 aliphatic carbocycles. The van der Waals surface area contributed by atoms with Gasteiger partial charge in [0.1, 0.15) is 22.8 Å². The fourth-order valence-corrected chi connectivity index (χ4v) is 6.27. The number of carboxylic acid groups (broad SMARTS) is 2. The molecule has 0 aromatic carbocycles. The van der Waals surface area contributed by atoms with Crippen LogP contribution in [0.4, 0.5) is 0 Å². The number of esters is 3. The second kappa shape index (κ2) is 30.7. The van der Waals surface area contributed by atoms with Crippen LogP contribution in [0.2, 0.25) is 0 Å². The molecule has 0 bridgehead atoms. The maximum atomic E-state index is 13.7. The van der Waals surface area contributed by atoms with Gasteiger partial charge in [-0.3, -0.25) is 58.0 Å². The first-order chi connectivity index (χ1) is 30.7. The minimum absolute atomic E-state index is 0.0210. The fourth-order valence-electron chi connectivity index (χ4n) is 6.27. The Balaban J connectivity index is 3.05. The van der Waals surface area contributed by atoms with Crippen molar-refractivity contribution in [3.05, 3.63) is 0 Å². The van der Waals surface area contributed by atoms with Crippen LogP contribution in [-0.4, -0.2) is 218 Å². The second-order valence-corrected chi connectivity index (χ2v) is 19.0. The number of hydrogen-bond acceptors (Lipinski definition) is 17. The third-order valence-corrected chi connectivity index (χ3v) is 9.19. The monoisotopic (exact) mass is 946 g/mol. The van der Waals surface area contributed by atoms with Gasteiger partial charge in [-0.15, -0.1) is 0 Å². The topological polar surface area (TPSA) is 272 Å². The molecule has 0 aromatic heterocycles. The number of carboxylic acids is 2. The van der Waals surface area contributed by atoms with Crippen LogP contribution < -0.4 is 16.0 Å². The van der Waals surface area contributed by atoms with Gasteiger partial charge < -0.3 is 49.8 Å². The summed E-state index contributed by atoms with van der Waals surface area (Å²) in [5, 5.41) is 26.0. The summed E-state index contributed by atoms with van der Waals surface area (Å²) in [4.78, 5) is 107. The van der Waals surface area contributed by atoms with Gasteiger partial charge in [-0.2, -0.15) is 0 Å². The lowest BCUT2D eigenvalue weighted by Crippen LogP contribution is -2.52. The summed E-state index contributed by atoms with van der Waals surface area (Å²) in [6.45, 7) is 19.1. The second-order valence-electron chi connectivity index (χ2n) is 19.0. The van der Waals surface area contributed by atoms with Crippen molar-refractivity contribution in [1.82, 2.24) is 35.6 Å². The molecular formula is C44H79N7O15. The zero-order valence-corrected chi connectivity index (χ0v) is 40.8. The van der Waals surface area contributed by atoms with Crippen LogP contribution in [0, 0.1) is 0 Å². The Bertz CT molecular complexity index is 1500. The van der Waals surface area contributed by atoms with Crippen LogP contribution in [0.1, 0.15) is 94.4 Å². The molecule has 3 amide bonds. The van der Waals surface area contributed by atoms with Crippen molar-refractivity contribution in [2.45, 2.75) is 117 Å². The molecule has 1 fully saturated rings. The number of nitrogens with one attached hydrogen (secondary N) is 3. The highest BCUT2D eigenvalue weighted by molar-refractivity contribution is 5.88. The average molecular weight is 946 g/mol. The van der Waals surface area contributed by atoms with E-state index in [1.54, 1.807) is 62.3 Å². The molecule has 1 atom stereocenters. The maximum absolute atomic E-state index is 13.7. The minimum atomic E-state index is -1.18. The van der Waals surface area contributed by atoms with Gasteiger partial charge in [0.2, 0.25) is 17.7 Å². The molecule has 1 aliphatic heterocycles. The molecule has 0 saturated carbocycles. The first kappa shape index (κ1) is 59.5. The van der Waals surface area contributed by atoms with Crippen molar-refractivity contribution >= 4 is 47.6 Å². The Morgan fingerprint density at radius 1 is 0.485 bits per heavy atom. The Morgan fingerprint density at radius 2 is 0.879 bits per heavy atom. The highest BCUT2D eigenvalue weighted by Gasteiger charge is 2.27. The Hall–Kier alpha value is -4.48. The molecule has 0 aromatic rings.